The number of nitrogens with zero attached hydrogens (tertiary/aromatic N) is 3. The molecule has 1 heterocycles. The summed E-state index contributed by atoms with van der Waals surface area (Å²) in [5.41, 5.74) is 0.407. The summed E-state index contributed by atoms with van der Waals surface area (Å²) >= 11 is 0. The fraction of sp³-hybridized carbons (Fsp3) is 0.667. The molecule has 0 aliphatic rings. The number of sulfonamides is 1. The van der Waals surface area contributed by atoms with Crippen molar-refractivity contribution in [3.8, 4) is 0 Å². The minimum Gasteiger partial charge on any atom is -0.355 e. The van der Waals surface area contributed by atoms with Crippen LogP contribution in [0.15, 0.2) is 17.3 Å². The predicted octanol–water partition coefficient (Wildman–Crippen LogP) is -0.587. The summed E-state index contributed by atoms with van der Waals surface area (Å²) in [6.45, 7) is 4.59. The quantitative estimate of drug-likeness (QED) is 0.481. The average molecular weight is 316 g/mol. The molecule has 0 unspecified atom stereocenters. The highest BCUT2D eigenvalue weighted by atomic mass is 32.2. The first kappa shape index (κ1) is 17.4. The zero-order valence-electron chi connectivity index (χ0n) is 13.1. The summed E-state index contributed by atoms with van der Waals surface area (Å²) < 4.78 is 26.9. The molecule has 120 valence electrons. The van der Waals surface area contributed by atoms with Crippen molar-refractivity contribution in [1.82, 2.24) is 25.1 Å². The maximum atomic E-state index is 11.3. The van der Waals surface area contributed by atoms with Crippen LogP contribution < -0.4 is 15.4 Å². The van der Waals surface area contributed by atoms with Crippen molar-refractivity contribution in [3.05, 3.63) is 18.0 Å². The molecule has 0 amide bonds. The van der Waals surface area contributed by atoms with Gasteiger partial charge >= 0.3 is 0 Å². The van der Waals surface area contributed by atoms with Crippen LogP contribution in [-0.2, 0) is 23.6 Å². The van der Waals surface area contributed by atoms with E-state index >= 15 is 0 Å². The maximum Gasteiger partial charge on any atom is 0.209 e. The highest BCUT2D eigenvalue weighted by Crippen LogP contribution is 2.02. The minimum atomic E-state index is -3.25. The van der Waals surface area contributed by atoms with Crippen molar-refractivity contribution in [1.29, 1.82) is 0 Å². The molecule has 0 bridgehead atoms. The van der Waals surface area contributed by atoms with Gasteiger partial charge in [-0.3, -0.25) is 9.67 Å². The van der Waals surface area contributed by atoms with Crippen molar-refractivity contribution < 1.29 is 8.42 Å². The Labute approximate surface area is 126 Å². The first-order chi connectivity index (χ1) is 9.63. The smallest absolute Gasteiger partial charge is 0.209 e. The minimum absolute atomic E-state index is 0.408. The van der Waals surface area contributed by atoms with E-state index in [1.54, 1.807) is 31.8 Å². The number of guanidine groups is 1. The number of hydrogen-bond acceptors (Lipinski definition) is 4. The summed E-state index contributed by atoms with van der Waals surface area (Å²) in [7, 11) is 0.278. The highest BCUT2D eigenvalue weighted by Gasteiger charge is 2.22. The lowest BCUT2D eigenvalue weighted by Gasteiger charge is -2.26. The first-order valence-corrected chi connectivity index (χ1v) is 8.42. The Kier molecular flexibility index (Phi) is 5.73. The van der Waals surface area contributed by atoms with Gasteiger partial charge in [-0.2, -0.15) is 5.10 Å². The second-order valence-corrected chi connectivity index (χ2v) is 7.23. The SMILES string of the molecule is CN=C(NCc1ccnn1C)NCC(C)(C)NS(C)(=O)=O. The van der Waals surface area contributed by atoms with E-state index in [0.29, 0.717) is 19.0 Å². The van der Waals surface area contributed by atoms with E-state index in [2.05, 4.69) is 25.4 Å². The van der Waals surface area contributed by atoms with E-state index < -0.39 is 15.6 Å². The summed E-state index contributed by atoms with van der Waals surface area (Å²) in [5, 5.41) is 10.3. The highest BCUT2D eigenvalue weighted by molar-refractivity contribution is 7.88. The van der Waals surface area contributed by atoms with Crippen LogP contribution in [0.4, 0.5) is 0 Å². The van der Waals surface area contributed by atoms with Crippen LogP contribution in [0.25, 0.3) is 0 Å². The molecule has 9 heteroatoms. The van der Waals surface area contributed by atoms with E-state index in [-0.39, 0.29) is 0 Å². The maximum absolute atomic E-state index is 11.3. The number of nitrogens with one attached hydrogen (secondary N) is 3. The second-order valence-electron chi connectivity index (χ2n) is 5.48. The van der Waals surface area contributed by atoms with Gasteiger partial charge in [-0.15, -0.1) is 0 Å². The lowest BCUT2D eigenvalue weighted by molar-refractivity contribution is 0.446. The summed E-state index contributed by atoms with van der Waals surface area (Å²) in [6.07, 6.45) is 2.87. The zero-order valence-corrected chi connectivity index (χ0v) is 14.0. The molecule has 1 aromatic rings. The van der Waals surface area contributed by atoms with E-state index in [1.165, 1.54) is 0 Å². The van der Waals surface area contributed by atoms with Gasteiger partial charge in [0.2, 0.25) is 10.0 Å². The summed E-state index contributed by atoms with van der Waals surface area (Å²) in [4.78, 5) is 4.10. The van der Waals surface area contributed by atoms with Gasteiger partial charge in [0.15, 0.2) is 5.96 Å². The molecule has 1 aromatic heterocycles. The van der Waals surface area contributed by atoms with Crippen molar-refractivity contribution in [2.45, 2.75) is 25.9 Å². The Morgan fingerprint density at radius 1 is 1.43 bits per heavy atom. The van der Waals surface area contributed by atoms with Gasteiger partial charge in [0.1, 0.15) is 0 Å². The van der Waals surface area contributed by atoms with Gasteiger partial charge in [0.05, 0.1) is 18.5 Å². The molecule has 3 N–H and O–H groups in total. The molecule has 0 aliphatic carbocycles. The van der Waals surface area contributed by atoms with Crippen LogP contribution in [0, 0.1) is 0 Å². The number of hydrogen-bond donors (Lipinski definition) is 3. The molecule has 0 fully saturated rings. The standard InChI is InChI=1S/C12H24N6O2S/c1-12(2,17-21(5,19)20)9-15-11(13-3)14-8-10-6-7-16-18(10)4/h6-7,17H,8-9H2,1-5H3,(H2,13,14,15). The van der Waals surface area contributed by atoms with Crippen LogP contribution in [0.2, 0.25) is 0 Å². The van der Waals surface area contributed by atoms with E-state index in [1.807, 2.05) is 13.1 Å². The molecular weight excluding hydrogens is 292 g/mol. The second kappa shape index (κ2) is 6.90. The largest absolute Gasteiger partial charge is 0.355 e. The zero-order chi connectivity index (χ0) is 16.1. The van der Waals surface area contributed by atoms with E-state index in [0.717, 1.165) is 11.9 Å². The third-order valence-corrected chi connectivity index (χ3v) is 3.67. The van der Waals surface area contributed by atoms with Crippen LogP contribution in [-0.4, -0.2) is 49.5 Å². The van der Waals surface area contributed by atoms with Crippen LogP contribution in [0.5, 0.6) is 0 Å². The van der Waals surface area contributed by atoms with Gasteiger partial charge in [-0.05, 0) is 19.9 Å². The molecule has 0 saturated carbocycles. The average Bonchev–Trinajstić information content (AvgIpc) is 2.72. The van der Waals surface area contributed by atoms with Gasteiger partial charge in [0, 0.05) is 32.4 Å². The molecule has 0 aromatic carbocycles. The Morgan fingerprint density at radius 2 is 2.10 bits per heavy atom. The van der Waals surface area contributed by atoms with Crippen molar-refractivity contribution in [2.75, 3.05) is 19.8 Å². The molecule has 0 saturated heterocycles. The summed E-state index contributed by atoms with van der Waals surface area (Å²) in [5.74, 6) is 0.597. The van der Waals surface area contributed by atoms with Gasteiger partial charge in [-0.25, -0.2) is 13.1 Å². The fourth-order valence-electron chi connectivity index (χ4n) is 1.81. The number of aromatic nitrogens is 2. The van der Waals surface area contributed by atoms with Crippen LogP contribution in [0.1, 0.15) is 19.5 Å². The molecule has 0 spiro atoms. The van der Waals surface area contributed by atoms with Gasteiger partial charge in [-0.1, -0.05) is 0 Å². The normalized spacial score (nSPS) is 13.3. The van der Waals surface area contributed by atoms with Crippen molar-refractivity contribution in [3.63, 3.8) is 0 Å². The third-order valence-electron chi connectivity index (χ3n) is 2.74. The Balaban J connectivity index is 2.50. The van der Waals surface area contributed by atoms with Crippen molar-refractivity contribution >= 4 is 16.0 Å². The number of rotatable bonds is 6. The monoisotopic (exact) mass is 316 g/mol. The molecule has 21 heavy (non-hydrogen) atoms. The molecule has 0 radical (unpaired) electrons. The Morgan fingerprint density at radius 3 is 2.57 bits per heavy atom. The first-order valence-electron chi connectivity index (χ1n) is 6.53. The summed E-state index contributed by atoms with van der Waals surface area (Å²) in [6, 6.07) is 1.91. The lowest BCUT2D eigenvalue weighted by atomic mass is 10.1. The van der Waals surface area contributed by atoms with Crippen LogP contribution >= 0.6 is 0 Å². The predicted molar refractivity (Wildman–Crippen MR) is 83.5 cm³/mol. The molecule has 8 nitrogen and oxygen atoms in total. The van der Waals surface area contributed by atoms with E-state index in [9.17, 15) is 8.42 Å². The van der Waals surface area contributed by atoms with Crippen LogP contribution in [0.3, 0.4) is 0 Å². The van der Waals surface area contributed by atoms with Crippen molar-refractivity contribution in [2.24, 2.45) is 12.0 Å². The van der Waals surface area contributed by atoms with Gasteiger partial charge < -0.3 is 10.6 Å². The third kappa shape index (κ3) is 6.58. The number of aryl methyl sites for hydroxylation is 1. The van der Waals surface area contributed by atoms with Gasteiger partial charge in [0.25, 0.3) is 0 Å². The molecule has 0 aliphatic heterocycles. The Hall–Kier alpha value is -1.61. The number of aliphatic imine (C=N–C) groups is 1. The van der Waals surface area contributed by atoms with E-state index in [4.69, 9.17) is 0 Å². The Bertz CT molecular complexity index is 591. The molecular formula is C12H24N6O2S. The molecule has 0 atom stereocenters. The lowest BCUT2D eigenvalue weighted by Crippen LogP contribution is -2.52. The molecule has 1 rings (SSSR count). The fourth-order valence-corrected chi connectivity index (χ4v) is 2.89. The topological polar surface area (TPSA) is 100 Å².